The van der Waals surface area contributed by atoms with Crippen LogP contribution in [0.4, 0.5) is 0 Å². The second-order valence-electron chi connectivity index (χ2n) is 5.28. The average molecular weight is 255 g/mol. The highest BCUT2D eigenvalue weighted by Gasteiger charge is 2.26. The first-order valence-electron chi connectivity index (χ1n) is 7.44. The molecule has 106 valence electrons. The summed E-state index contributed by atoms with van der Waals surface area (Å²) in [6, 6.07) is 0.944. The van der Waals surface area contributed by atoms with E-state index in [2.05, 4.69) is 24.1 Å². The van der Waals surface area contributed by atoms with E-state index in [9.17, 15) is 4.79 Å². The molecule has 0 atom stereocenters. The van der Waals surface area contributed by atoms with Crippen LogP contribution in [-0.2, 0) is 4.79 Å². The van der Waals surface area contributed by atoms with Gasteiger partial charge in [-0.2, -0.15) is 0 Å². The largest absolute Gasteiger partial charge is 0.352 e. The fraction of sp³-hybridized carbons (Fsp3) is 0.929. The summed E-state index contributed by atoms with van der Waals surface area (Å²) in [6.45, 7) is 6.44. The molecule has 0 aromatic rings. The average Bonchev–Trinajstić information content (AvgIpc) is 2.30. The van der Waals surface area contributed by atoms with Crippen LogP contribution in [0, 0.1) is 0 Å². The molecule has 1 rings (SSSR count). The van der Waals surface area contributed by atoms with Crippen LogP contribution in [0.5, 0.6) is 0 Å². The summed E-state index contributed by atoms with van der Waals surface area (Å²) >= 11 is 0. The molecule has 0 unspecified atom stereocenters. The van der Waals surface area contributed by atoms with Crippen LogP contribution < -0.4 is 11.1 Å². The lowest BCUT2D eigenvalue weighted by molar-refractivity contribution is -0.124. The van der Waals surface area contributed by atoms with E-state index in [1.165, 1.54) is 19.3 Å². The third-order valence-corrected chi connectivity index (χ3v) is 3.94. The van der Waals surface area contributed by atoms with Crippen molar-refractivity contribution in [2.45, 2.75) is 64.5 Å². The molecule has 0 aromatic heterocycles. The molecule has 1 amide bonds. The quantitative estimate of drug-likeness (QED) is 0.656. The Bertz CT molecular complexity index is 237. The molecule has 18 heavy (non-hydrogen) atoms. The Morgan fingerprint density at radius 1 is 1.39 bits per heavy atom. The van der Waals surface area contributed by atoms with Crippen LogP contribution >= 0.6 is 0 Å². The first-order valence-corrected chi connectivity index (χ1v) is 7.44. The second kappa shape index (κ2) is 8.48. The first-order chi connectivity index (χ1) is 8.71. The number of rotatable bonds is 9. The number of hydrogen-bond acceptors (Lipinski definition) is 3. The minimum atomic E-state index is 0.174. The number of nitrogens with two attached hydrogens (primary N) is 1. The van der Waals surface area contributed by atoms with Gasteiger partial charge in [-0.1, -0.05) is 20.3 Å². The first kappa shape index (κ1) is 15.4. The van der Waals surface area contributed by atoms with E-state index in [0.717, 1.165) is 25.8 Å². The molecule has 0 spiro atoms. The van der Waals surface area contributed by atoms with Gasteiger partial charge in [0.15, 0.2) is 0 Å². The van der Waals surface area contributed by atoms with Crippen molar-refractivity contribution in [3.8, 4) is 0 Å². The molecular weight excluding hydrogens is 226 g/mol. The molecule has 0 heterocycles. The van der Waals surface area contributed by atoms with Crippen molar-refractivity contribution in [3.63, 3.8) is 0 Å². The number of nitrogens with zero attached hydrogens (tertiary/aromatic N) is 1. The summed E-state index contributed by atoms with van der Waals surface area (Å²) in [7, 11) is 0. The van der Waals surface area contributed by atoms with Gasteiger partial charge in [-0.25, -0.2) is 0 Å². The Hall–Kier alpha value is -0.610. The zero-order valence-corrected chi connectivity index (χ0v) is 12.0. The van der Waals surface area contributed by atoms with E-state index in [0.29, 0.717) is 25.2 Å². The van der Waals surface area contributed by atoms with Gasteiger partial charge in [-0.3, -0.25) is 9.69 Å². The molecule has 4 nitrogen and oxygen atoms in total. The third-order valence-electron chi connectivity index (χ3n) is 3.94. The monoisotopic (exact) mass is 255 g/mol. The van der Waals surface area contributed by atoms with Gasteiger partial charge >= 0.3 is 0 Å². The number of carbonyl (C=O) groups is 1. The normalized spacial score (nSPS) is 16.1. The topological polar surface area (TPSA) is 58.4 Å². The maximum absolute atomic E-state index is 12.0. The molecule has 0 bridgehead atoms. The predicted octanol–water partition coefficient (Wildman–Crippen LogP) is 1.49. The summed E-state index contributed by atoms with van der Waals surface area (Å²) in [6.07, 6.45) is 6.78. The molecule has 0 radical (unpaired) electrons. The van der Waals surface area contributed by atoms with E-state index in [1.807, 2.05) is 0 Å². The zero-order valence-electron chi connectivity index (χ0n) is 12.0. The Balaban J connectivity index is 2.36. The molecule has 1 saturated carbocycles. The SMILES string of the molecule is CCC(CC)NC(=O)CN(CCCN)C1CCC1. The van der Waals surface area contributed by atoms with Crippen molar-refractivity contribution in [2.75, 3.05) is 19.6 Å². The van der Waals surface area contributed by atoms with Gasteiger partial charge in [0.25, 0.3) is 0 Å². The highest BCUT2D eigenvalue weighted by molar-refractivity contribution is 5.78. The third kappa shape index (κ3) is 4.94. The zero-order chi connectivity index (χ0) is 13.4. The smallest absolute Gasteiger partial charge is 0.234 e. The minimum Gasteiger partial charge on any atom is -0.352 e. The molecule has 0 saturated heterocycles. The highest BCUT2D eigenvalue weighted by atomic mass is 16.2. The maximum Gasteiger partial charge on any atom is 0.234 e. The fourth-order valence-electron chi connectivity index (χ4n) is 2.39. The summed E-state index contributed by atoms with van der Waals surface area (Å²) < 4.78 is 0. The Kier molecular flexibility index (Phi) is 7.28. The molecule has 1 aliphatic rings. The minimum absolute atomic E-state index is 0.174. The summed E-state index contributed by atoms with van der Waals surface area (Å²) in [5.74, 6) is 0.174. The van der Waals surface area contributed by atoms with Crippen molar-refractivity contribution in [3.05, 3.63) is 0 Å². The van der Waals surface area contributed by atoms with Gasteiger partial charge in [0, 0.05) is 18.6 Å². The van der Waals surface area contributed by atoms with Crippen LogP contribution in [0.1, 0.15) is 52.4 Å². The predicted molar refractivity (Wildman–Crippen MR) is 75.4 cm³/mol. The molecule has 3 N–H and O–H groups in total. The molecule has 0 aromatic carbocycles. The van der Waals surface area contributed by atoms with E-state index >= 15 is 0 Å². The van der Waals surface area contributed by atoms with Crippen LogP contribution in [-0.4, -0.2) is 42.5 Å². The van der Waals surface area contributed by atoms with E-state index in [4.69, 9.17) is 5.73 Å². The Labute approximate surface area is 111 Å². The van der Waals surface area contributed by atoms with Crippen LogP contribution in [0.2, 0.25) is 0 Å². The van der Waals surface area contributed by atoms with Gasteiger partial charge in [0.1, 0.15) is 0 Å². The number of hydrogen-bond donors (Lipinski definition) is 2. The summed E-state index contributed by atoms with van der Waals surface area (Å²) in [5.41, 5.74) is 5.56. The molecular formula is C14H29N3O. The van der Waals surface area contributed by atoms with Crippen molar-refractivity contribution in [1.29, 1.82) is 0 Å². The van der Waals surface area contributed by atoms with Gasteiger partial charge in [-0.15, -0.1) is 0 Å². The van der Waals surface area contributed by atoms with Crippen molar-refractivity contribution < 1.29 is 4.79 Å². The summed E-state index contributed by atoms with van der Waals surface area (Å²) in [5, 5.41) is 3.11. The van der Waals surface area contributed by atoms with Crippen LogP contribution in [0.3, 0.4) is 0 Å². The lowest BCUT2D eigenvalue weighted by Gasteiger charge is -2.37. The lowest BCUT2D eigenvalue weighted by Crippen LogP contribution is -2.48. The van der Waals surface area contributed by atoms with Crippen molar-refractivity contribution in [1.82, 2.24) is 10.2 Å². The van der Waals surface area contributed by atoms with Gasteiger partial charge in [0.05, 0.1) is 6.54 Å². The maximum atomic E-state index is 12.0. The molecule has 1 aliphatic carbocycles. The Morgan fingerprint density at radius 3 is 2.50 bits per heavy atom. The van der Waals surface area contributed by atoms with Gasteiger partial charge < -0.3 is 11.1 Å². The van der Waals surface area contributed by atoms with E-state index in [-0.39, 0.29) is 5.91 Å². The van der Waals surface area contributed by atoms with Crippen LogP contribution in [0.15, 0.2) is 0 Å². The van der Waals surface area contributed by atoms with E-state index < -0.39 is 0 Å². The highest BCUT2D eigenvalue weighted by Crippen LogP contribution is 2.24. The second-order valence-corrected chi connectivity index (χ2v) is 5.28. The van der Waals surface area contributed by atoms with Crippen molar-refractivity contribution in [2.24, 2.45) is 5.73 Å². The molecule has 4 heteroatoms. The number of amides is 1. The molecule has 0 aliphatic heterocycles. The number of carbonyl (C=O) groups excluding carboxylic acids is 1. The Morgan fingerprint density at radius 2 is 2.06 bits per heavy atom. The van der Waals surface area contributed by atoms with Gasteiger partial charge in [0.2, 0.25) is 5.91 Å². The lowest BCUT2D eigenvalue weighted by atomic mass is 9.91. The van der Waals surface area contributed by atoms with Crippen LogP contribution in [0.25, 0.3) is 0 Å². The van der Waals surface area contributed by atoms with Crippen molar-refractivity contribution >= 4 is 5.91 Å². The van der Waals surface area contributed by atoms with Gasteiger partial charge in [-0.05, 0) is 38.6 Å². The fourth-order valence-corrected chi connectivity index (χ4v) is 2.39. The standard InChI is InChI=1S/C14H29N3O/c1-3-12(4-2)16-14(18)11-17(10-6-9-15)13-7-5-8-13/h12-13H,3-11,15H2,1-2H3,(H,16,18). The number of nitrogens with one attached hydrogen (secondary N) is 1. The summed E-state index contributed by atoms with van der Waals surface area (Å²) in [4.78, 5) is 14.3. The molecule has 1 fully saturated rings. The van der Waals surface area contributed by atoms with E-state index in [1.54, 1.807) is 0 Å².